The second-order valence-electron chi connectivity index (χ2n) is 4.13. The average molecular weight is 372 g/mol. The third-order valence-electron chi connectivity index (χ3n) is 2.35. The second kappa shape index (κ2) is 6.68. The number of hydrogen-bond donors (Lipinski definition) is 0. The summed E-state index contributed by atoms with van der Waals surface area (Å²) in [5.74, 6) is 0. The van der Waals surface area contributed by atoms with E-state index >= 15 is 0 Å². The van der Waals surface area contributed by atoms with Crippen LogP contribution < -0.4 is 4.57 Å². The van der Waals surface area contributed by atoms with Crippen molar-refractivity contribution in [2.24, 2.45) is 7.05 Å². The zero-order valence-electron chi connectivity index (χ0n) is 11.5. The van der Waals surface area contributed by atoms with Crippen molar-refractivity contribution >= 4 is 20.1 Å². The van der Waals surface area contributed by atoms with Crippen LogP contribution in [0.25, 0.3) is 0 Å². The monoisotopic (exact) mass is 372 g/mol. The van der Waals surface area contributed by atoms with E-state index in [-0.39, 0.29) is 0 Å². The Labute approximate surface area is 130 Å². The highest BCUT2D eigenvalue weighted by atomic mass is 32.2. The fraction of sp³-hybridized carbons (Fsp3) is 0.182. The number of nitrogens with zero attached hydrogens (tertiary/aromatic N) is 2. The molecule has 128 valence electrons. The summed E-state index contributed by atoms with van der Waals surface area (Å²) in [5.41, 5.74) is -5.65. The summed E-state index contributed by atoms with van der Waals surface area (Å²) in [6.45, 7) is 0. The van der Waals surface area contributed by atoms with Crippen LogP contribution >= 0.6 is 0 Å². The summed E-state index contributed by atoms with van der Waals surface area (Å²) >= 11 is 0. The Hall–Kier alpha value is -1.92. The van der Waals surface area contributed by atoms with E-state index in [1.165, 1.54) is 16.5 Å². The fourth-order valence-electron chi connectivity index (χ4n) is 1.28. The maximum absolute atomic E-state index is 12.0. The Morgan fingerprint density at radius 2 is 1.57 bits per heavy atom. The van der Waals surface area contributed by atoms with E-state index in [2.05, 4.69) is 0 Å². The predicted molar refractivity (Wildman–Crippen MR) is 70.4 cm³/mol. The molecule has 0 N–H and O–H groups in total. The van der Waals surface area contributed by atoms with Gasteiger partial charge in [-0.25, -0.2) is 13.0 Å². The van der Waals surface area contributed by atoms with Gasteiger partial charge in [-0.05, 0) is 12.1 Å². The van der Waals surface area contributed by atoms with Crippen LogP contribution in [0.5, 0.6) is 0 Å². The number of aryl methyl sites for hydroxylation is 1. The molecule has 1 aromatic heterocycles. The summed E-state index contributed by atoms with van der Waals surface area (Å²) in [6.07, 6.45) is 4.71. The summed E-state index contributed by atoms with van der Waals surface area (Å²) < 4.78 is 85.8. The highest BCUT2D eigenvalue weighted by molar-refractivity contribution is 7.90. The molecule has 0 fully saturated rings. The normalized spacial score (nSPS) is 12.4. The first-order chi connectivity index (χ1) is 10.4. The van der Waals surface area contributed by atoms with Gasteiger partial charge in [-0.3, -0.25) is 0 Å². The van der Waals surface area contributed by atoms with Gasteiger partial charge >= 0.3 is 15.5 Å². The lowest BCUT2D eigenvalue weighted by Crippen LogP contribution is -2.25. The molecule has 0 spiro atoms. The van der Waals surface area contributed by atoms with E-state index in [1.54, 1.807) is 48.1 Å². The van der Waals surface area contributed by atoms with Gasteiger partial charge in [-0.2, -0.15) is 21.6 Å². The molecule has 2 aromatic rings. The van der Waals surface area contributed by atoms with E-state index in [0.717, 1.165) is 0 Å². The minimum absolute atomic E-state index is 0.293. The van der Waals surface area contributed by atoms with Gasteiger partial charge in [0.05, 0.1) is 7.05 Å². The van der Waals surface area contributed by atoms with Gasteiger partial charge in [0.2, 0.25) is 0 Å². The molecule has 1 aromatic carbocycles. The Kier molecular flexibility index (Phi) is 5.56. The lowest BCUT2D eigenvalue weighted by molar-refractivity contribution is -0.670. The smallest absolute Gasteiger partial charge is 0.485 e. The van der Waals surface area contributed by atoms with Gasteiger partial charge in [0.15, 0.2) is 10.1 Å². The van der Waals surface area contributed by atoms with Crippen molar-refractivity contribution in [2.75, 3.05) is 0 Å². The Bertz CT molecular complexity index is 859. The summed E-state index contributed by atoms with van der Waals surface area (Å²) in [6, 6.07) is 8.35. The molecule has 23 heavy (non-hydrogen) atoms. The third-order valence-corrected chi connectivity index (χ3v) is 4.55. The first-order valence-corrected chi connectivity index (χ1v) is 8.56. The summed E-state index contributed by atoms with van der Waals surface area (Å²) in [7, 11) is -7.74. The Morgan fingerprint density at radius 3 is 1.91 bits per heavy atom. The largest absolute Gasteiger partial charge is 0.741 e. The van der Waals surface area contributed by atoms with Gasteiger partial charge < -0.3 is 4.55 Å². The van der Waals surface area contributed by atoms with Crippen LogP contribution in [0, 0.1) is 0 Å². The number of alkyl halides is 3. The van der Waals surface area contributed by atoms with Crippen molar-refractivity contribution in [1.29, 1.82) is 0 Å². The third kappa shape index (κ3) is 5.04. The molecular weight excluding hydrogens is 361 g/mol. The summed E-state index contributed by atoms with van der Waals surface area (Å²) in [5, 5.41) is 0. The number of aromatic nitrogens is 2. The lowest BCUT2D eigenvalue weighted by atomic mass is 10.4. The van der Waals surface area contributed by atoms with E-state index in [4.69, 9.17) is 13.0 Å². The van der Waals surface area contributed by atoms with E-state index in [0.29, 0.717) is 4.90 Å². The Balaban J connectivity index is 0.000000284. The highest BCUT2D eigenvalue weighted by Crippen LogP contribution is 2.20. The Morgan fingerprint density at radius 1 is 1.09 bits per heavy atom. The zero-order valence-corrected chi connectivity index (χ0v) is 13.1. The molecule has 1 heterocycles. The van der Waals surface area contributed by atoms with Crippen molar-refractivity contribution in [1.82, 2.24) is 3.97 Å². The number of imidazole rings is 1. The molecule has 0 aliphatic heterocycles. The molecule has 0 saturated carbocycles. The molecule has 0 bridgehead atoms. The predicted octanol–water partition coefficient (Wildman–Crippen LogP) is 0.601. The highest BCUT2D eigenvalue weighted by Gasteiger charge is 2.36. The molecule has 7 nitrogen and oxygen atoms in total. The van der Waals surface area contributed by atoms with Crippen molar-refractivity contribution in [3.05, 3.63) is 49.1 Å². The van der Waals surface area contributed by atoms with Crippen LogP contribution in [0.1, 0.15) is 0 Å². The van der Waals surface area contributed by atoms with Gasteiger partial charge in [0, 0.05) is 0 Å². The van der Waals surface area contributed by atoms with Crippen molar-refractivity contribution in [2.45, 2.75) is 10.4 Å². The maximum Gasteiger partial charge on any atom is 0.485 e. The van der Waals surface area contributed by atoms with E-state index < -0.39 is 25.6 Å². The zero-order chi connectivity index (χ0) is 17.9. The molecule has 0 aliphatic carbocycles. The van der Waals surface area contributed by atoms with Crippen LogP contribution in [0.4, 0.5) is 13.2 Å². The molecule has 0 aliphatic rings. The topological polar surface area (TPSA) is 100 Å². The van der Waals surface area contributed by atoms with E-state index in [1.807, 2.05) is 0 Å². The second-order valence-corrected chi connectivity index (χ2v) is 7.34. The molecule has 0 unspecified atom stereocenters. The average Bonchev–Trinajstić information content (AvgIpc) is 2.86. The lowest BCUT2D eigenvalue weighted by Gasteiger charge is -2.08. The standard InChI is InChI=1S/C10H11N2O2S.CHF3O3S/c1-11-7-8-12(9-11)15(13,14)10-5-3-2-4-6-10;2-1(3,4)8(5,6)7/h2-9H,1H3;(H,5,6,7)/q+1;/p-1. The number of hydrogen-bond acceptors (Lipinski definition) is 5. The van der Waals surface area contributed by atoms with Crippen molar-refractivity contribution in [3.63, 3.8) is 0 Å². The molecule has 12 heteroatoms. The first kappa shape index (κ1) is 19.1. The van der Waals surface area contributed by atoms with Crippen LogP contribution in [0.3, 0.4) is 0 Å². The van der Waals surface area contributed by atoms with Gasteiger partial charge in [-0.1, -0.05) is 18.2 Å². The summed E-state index contributed by atoms with van der Waals surface area (Å²) in [4.78, 5) is 0.293. The minimum atomic E-state index is -6.09. The molecule has 2 rings (SSSR count). The van der Waals surface area contributed by atoms with Gasteiger partial charge in [0.25, 0.3) is 6.33 Å². The van der Waals surface area contributed by atoms with E-state index in [9.17, 15) is 21.6 Å². The number of benzene rings is 1. The molecule has 0 saturated heterocycles. The van der Waals surface area contributed by atoms with Crippen LogP contribution in [-0.2, 0) is 27.2 Å². The number of rotatable bonds is 2. The fourth-order valence-corrected chi connectivity index (χ4v) is 2.52. The molecule has 0 amide bonds. The molecule has 0 radical (unpaired) electrons. The quantitative estimate of drug-likeness (QED) is 0.437. The number of halogens is 3. The first-order valence-electron chi connectivity index (χ1n) is 5.72. The van der Waals surface area contributed by atoms with Crippen LogP contribution in [0.15, 0.2) is 53.9 Å². The van der Waals surface area contributed by atoms with Crippen molar-refractivity contribution in [3.8, 4) is 0 Å². The van der Waals surface area contributed by atoms with Crippen LogP contribution in [-0.4, -0.2) is 30.9 Å². The maximum atomic E-state index is 12.0. The molecular formula is C11H11F3N2O5S2. The van der Waals surface area contributed by atoms with Crippen molar-refractivity contribution < 1.29 is 39.1 Å². The van der Waals surface area contributed by atoms with Gasteiger partial charge in [-0.15, -0.1) is 3.97 Å². The minimum Gasteiger partial charge on any atom is -0.741 e. The SMILES string of the molecule is C[n+]1ccn(S(=O)(=O)c2ccccc2)c1.O=S(=O)([O-])C(F)(F)F. The van der Waals surface area contributed by atoms with Gasteiger partial charge in [0.1, 0.15) is 17.3 Å². The van der Waals surface area contributed by atoms with Crippen LogP contribution in [0.2, 0.25) is 0 Å². The molecule has 0 atom stereocenters.